The number of imidazole rings is 2. The predicted molar refractivity (Wildman–Crippen MR) is 218 cm³/mol. The van der Waals surface area contributed by atoms with Crippen LogP contribution in [0.1, 0.15) is 89.4 Å². The Bertz CT molecular complexity index is 2000. The number of likely N-dealkylation sites (tertiary alicyclic amines) is 4. The first kappa shape index (κ1) is 39.7. The fourth-order valence-corrected chi connectivity index (χ4v) is 9.69. The van der Waals surface area contributed by atoms with E-state index in [0.717, 1.165) is 111 Å². The lowest BCUT2D eigenvalue weighted by atomic mass is 9.93. The van der Waals surface area contributed by atoms with Crippen molar-refractivity contribution in [3.8, 4) is 0 Å². The Hall–Kier alpha value is -4.56. The summed E-state index contributed by atoms with van der Waals surface area (Å²) < 4.78 is 14.2. The van der Waals surface area contributed by atoms with Crippen LogP contribution in [0.4, 0.5) is 9.59 Å². The highest BCUT2D eigenvalue weighted by Gasteiger charge is 2.44. The van der Waals surface area contributed by atoms with E-state index in [-0.39, 0.29) is 46.7 Å². The van der Waals surface area contributed by atoms with Gasteiger partial charge in [0.1, 0.15) is 0 Å². The second kappa shape index (κ2) is 16.1. The monoisotopic (exact) mass is 772 g/mol. The number of hydrogen-bond donors (Lipinski definition) is 2. The van der Waals surface area contributed by atoms with Gasteiger partial charge in [-0.25, -0.2) is 19.2 Å². The summed E-state index contributed by atoms with van der Waals surface area (Å²) in [7, 11) is 0. The third-order valence-electron chi connectivity index (χ3n) is 12.9. The van der Waals surface area contributed by atoms with Crippen LogP contribution in [0.2, 0.25) is 0 Å². The van der Waals surface area contributed by atoms with Gasteiger partial charge in [0.05, 0.1) is 35.3 Å². The fourth-order valence-electron chi connectivity index (χ4n) is 9.69. The number of aromatic amines is 2. The van der Waals surface area contributed by atoms with E-state index in [4.69, 9.17) is 9.47 Å². The number of hydrogen-bond acceptors (Lipinski definition) is 8. The van der Waals surface area contributed by atoms with Gasteiger partial charge in [-0.15, -0.1) is 0 Å². The minimum absolute atomic E-state index is 0.0139. The van der Waals surface area contributed by atoms with Crippen LogP contribution in [0.3, 0.4) is 0 Å². The van der Waals surface area contributed by atoms with Gasteiger partial charge in [0, 0.05) is 75.5 Å². The number of carbonyl (C=O) groups is 2. The van der Waals surface area contributed by atoms with Gasteiger partial charge >= 0.3 is 23.6 Å². The molecule has 2 atom stereocenters. The molecule has 2 amide bonds. The molecule has 2 aromatic carbocycles. The van der Waals surface area contributed by atoms with Crippen LogP contribution in [0.25, 0.3) is 22.1 Å². The molecule has 0 bridgehead atoms. The smallest absolute Gasteiger partial charge is 0.409 e. The van der Waals surface area contributed by atoms with Gasteiger partial charge < -0.3 is 29.2 Å². The number of carbonyl (C=O) groups excluding carboxylic acids is 2. The van der Waals surface area contributed by atoms with E-state index in [1.54, 1.807) is 0 Å². The summed E-state index contributed by atoms with van der Waals surface area (Å²) in [5.74, 6) is 0. The predicted octanol–water partition coefficient (Wildman–Crippen LogP) is 5.79. The Morgan fingerprint density at radius 1 is 0.643 bits per heavy atom. The second-order valence-corrected chi connectivity index (χ2v) is 16.8. The van der Waals surface area contributed by atoms with Gasteiger partial charge in [-0.05, 0) is 115 Å². The molecule has 4 saturated heterocycles. The molecule has 0 saturated carbocycles. The first-order valence-corrected chi connectivity index (χ1v) is 20.6. The normalized spacial score (nSPS) is 24.2. The fraction of sp³-hybridized carbons (Fsp3) is 0.619. The van der Waals surface area contributed by atoms with Crippen molar-refractivity contribution in [2.24, 2.45) is 0 Å². The number of H-pyrrole nitrogens is 2. The molecular formula is C42H60N8O6. The van der Waals surface area contributed by atoms with Crippen molar-refractivity contribution >= 4 is 34.3 Å². The molecule has 56 heavy (non-hydrogen) atoms. The van der Waals surface area contributed by atoms with Crippen LogP contribution in [0.5, 0.6) is 0 Å². The number of fused-ring (bicyclic) bond motifs is 2. The van der Waals surface area contributed by atoms with E-state index >= 15 is 0 Å². The molecule has 0 radical (unpaired) electrons. The van der Waals surface area contributed by atoms with Crippen molar-refractivity contribution in [1.82, 2.24) is 38.7 Å². The number of rotatable bonds is 6. The number of benzene rings is 2. The second-order valence-electron chi connectivity index (χ2n) is 16.8. The quantitative estimate of drug-likeness (QED) is 0.251. The molecule has 8 rings (SSSR count). The van der Waals surface area contributed by atoms with Crippen molar-refractivity contribution in [1.29, 1.82) is 0 Å². The number of aryl methyl sites for hydroxylation is 2. The molecule has 0 spiro atoms. The number of ether oxygens (including phenoxy) is 2. The number of nitrogens with zero attached hydrogens (tertiary/aromatic N) is 6. The molecule has 304 valence electrons. The molecule has 14 heteroatoms. The van der Waals surface area contributed by atoms with Gasteiger partial charge in [0.25, 0.3) is 0 Å². The van der Waals surface area contributed by atoms with Crippen molar-refractivity contribution in [2.75, 3.05) is 65.6 Å². The largest absolute Gasteiger partial charge is 0.450 e. The molecule has 4 aromatic rings. The van der Waals surface area contributed by atoms with E-state index in [9.17, 15) is 19.2 Å². The maximum absolute atomic E-state index is 12.6. The molecule has 4 aliphatic rings. The van der Waals surface area contributed by atoms with Crippen LogP contribution in [0, 0.1) is 13.8 Å². The lowest BCUT2D eigenvalue weighted by Gasteiger charge is -2.43. The number of piperidine rings is 2. The topological polar surface area (TPSA) is 141 Å². The Balaban J connectivity index is 0.000000172. The molecule has 2 aromatic heterocycles. The molecule has 4 aliphatic heterocycles. The zero-order chi connectivity index (χ0) is 39.8. The summed E-state index contributed by atoms with van der Waals surface area (Å²) in [4.78, 5) is 63.9. The average molecular weight is 773 g/mol. The Kier molecular flexibility index (Phi) is 11.4. The summed E-state index contributed by atoms with van der Waals surface area (Å²) in [6, 6.07) is 12.7. The van der Waals surface area contributed by atoms with Crippen molar-refractivity contribution in [2.45, 2.75) is 103 Å². The van der Waals surface area contributed by atoms with Gasteiger partial charge in [-0.1, -0.05) is 12.1 Å². The summed E-state index contributed by atoms with van der Waals surface area (Å²) in [6.07, 6.45) is 5.27. The molecule has 4 fully saturated rings. The van der Waals surface area contributed by atoms with E-state index in [0.29, 0.717) is 26.3 Å². The first-order chi connectivity index (χ1) is 26.8. The molecule has 0 aliphatic carbocycles. The summed E-state index contributed by atoms with van der Waals surface area (Å²) in [5.41, 5.74) is 6.07. The zero-order valence-electron chi connectivity index (χ0n) is 34.1. The first-order valence-electron chi connectivity index (χ1n) is 20.6. The number of aromatic nitrogens is 4. The summed E-state index contributed by atoms with van der Waals surface area (Å²) in [6.45, 7) is 19.7. The van der Waals surface area contributed by atoms with E-state index in [1.807, 2.05) is 70.9 Å². The maximum atomic E-state index is 12.6. The number of amides is 2. The van der Waals surface area contributed by atoms with Crippen molar-refractivity contribution in [3.63, 3.8) is 0 Å². The van der Waals surface area contributed by atoms with Gasteiger partial charge in [0.2, 0.25) is 0 Å². The Labute approximate surface area is 328 Å². The summed E-state index contributed by atoms with van der Waals surface area (Å²) in [5, 5.41) is 0. The van der Waals surface area contributed by atoms with E-state index < -0.39 is 0 Å². The van der Waals surface area contributed by atoms with Crippen LogP contribution in [-0.2, 0) is 9.47 Å². The van der Waals surface area contributed by atoms with Crippen molar-refractivity contribution < 1.29 is 19.1 Å². The highest BCUT2D eigenvalue weighted by Crippen LogP contribution is 2.35. The standard InChI is InChI=1S/2C21H30N4O3/c2*1-4-28-20(27)23-12-9-21(3,14-23)24-10-7-16(8-11-24)25-18-6-5-15(2)13-17(18)22-19(25)26/h2*5-6,13,16H,4,7-12,14H2,1-3H3,(H,22,26). The number of nitrogens with one attached hydrogen (secondary N) is 2. The molecular weight excluding hydrogens is 713 g/mol. The lowest BCUT2D eigenvalue weighted by molar-refractivity contribution is 0.0640. The minimum Gasteiger partial charge on any atom is -0.450 e. The SMILES string of the molecule is CCOC(=O)N1CCC(C)(N2CCC(n3c(=O)[nH]c4cc(C)ccc43)CC2)C1.CCOC(=O)N1CCC(C)(N2CCC(n3c(=O)[nH]c4cc(C)ccc43)CC2)C1. The van der Waals surface area contributed by atoms with E-state index in [2.05, 4.69) is 45.7 Å². The van der Waals surface area contributed by atoms with Crippen LogP contribution in [-0.4, -0.2) is 128 Å². The van der Waals surface area contributed by atoms with E-state index in [1.165, 1.54) is 0 Å². The molecule has 6 heterocycles. The zero-order valence-corrected chi connectivity index (χ0v) is 34.1. The van der Waals surface area contributed by atoms with Gasteiger partial charge in [-0.2, -0.15) is 0 Å². The third-order valence-corrected chi connectivity index (χ3v) is 12.9. The highest BCUT2D eigenvalue weighted by atomic mass is 16.6. The van der Waals surface area contributed by atoms with Crippen LogP contribution in [0.15, 0.2) is 46.0 Å². The molecule has 2 unspecified atom stereocenters. The highest BCUT2D eigenvalue weighted by molar-refractivity contribution is 5.77. The molecule has 14 nitrogen and oxygen atoms in total. The van der Waals surface area contributed by atoms with Crippen molar-refractivity contribution in [3.05, 3.63) is 68.5 Å². The van der Waals surface area contributed by atoms with Crippen LogP contribution >= 0.6 is 0 Å². The maximum Gasteiger partial charge on any atom is 0.409 e. The lowest BCUT2D eigenvalue weighted by Crippen LogP contribution is -2.52. The van der Waals surface area contributed by atoms with Gasteiger partial charge in [-0.3, -0.25) is 18.9 Å². The van der Waals surface area contributed by atoms with Gasteiger partial charge in [0.15, 0.2) is 0 Å². The Morgan fingerprint density at radius 2 is 1.02 bits per heavy atom. The Morgan fingerprint density at radius 3 is 1.38 bits per heavy atom. The third kappa shape index (κ3) is 7.87. The molecule has 2 N–H and O–H groups in total. The van der Waals surface area contributed by atoms with Crippen LogP contribution < -0.4 is 11.4 Å². The summed E-state index contributed by atoms with van der Waals surface area (Å²) >= 11 is 0. The average Bonchev–Trinajstić information content (AvgIpc) is 3.95. The minimum atomic E-state index is -0.207.